The minimum absolute atomic E-state index is 0.0698. The number of thiazole rings is 2. The summed E-state index contributed by atoms with van der Waals surface area (Å²) in [6.07, 6.45) is 8.52. The zero-order chi connectivity index (χ0) is 68.8. The summed E-state index contributed by atoms with van der Waals surface area (Å²) < 4.78 is 42.5. The molecule has 2 saturated heterocycles. The van der Waals surface area contributed by atoms with Gasteiger partial charge in [0.05, 0.1) is 63.9 Å². The number of aromatic nitrogens is 6. The predicted octanol–water partition coefficient (Wildman–Crippen LogP) is 11.1. The maximum Gasteiger partial charge on any atom is 0.407 e. The van der Waals surface area contributed by atoms with Gasteiger partial charge in [-0.15, -0.1) is 22.7 Å². The number of hydrogen-bond donors (Lipinski definition) is 7. The third-order valence-corrected chi connectivity index (χ3v) is 16.8. The molecule has 3 aliphatic rings. The van der Waals surface area contributed by atoms with Crippen LogP contribution in [0.15, 0.2) is 120 Å². The van der Waals surface area contributed by atoms with Crippen molar-refractivity contribution in [3.63, 3.8) is 0 Å². The van der Waals surface area contributed by atoms with E-state index in [1.807, 2.05) is 9.80 Å². The number of imide groups is 1. The lowest BCUT2D eigenvalue weighted by atomic mass is 10.0. The topological polar surface area (TPSA) is 317 Å². The van der Waals surface area contributed by atoms with Gasteiger partial charge in [0.25, 0.3) is 29.5 Å². The number of alkyl carbamates (subject to hydrolysis) is 2. The van der Waals surface area contributed by atoms with Crippen molar-refractivity contribution in [2.45, 2.75) is 97.1 Å². The minimum atomic E-state index is -1.19. The highest BCUT2D eigenvalue weighted by molar-refractivity contribution is 9.09. The summed E-state index contributed by atoms with van der Waals surface area (Å²) in [5.74, 6) is -3.97. The molecule has 7 N–H and O–H groups in total. The number of carbonyl (C=O) groups is 8. The van der Waals surface area contributed by atoms with Gasteiger partial charge in [0, 0.05) is 91.0 Å². The fourth-order valence-corrected chi connectivity index (χ4v) is 12.5. The molecule has 25 nitrogen and oxygen atoms in total. The normalized spacial score (nSPS) is 15.2. The summed E-state index contributed by atoms with van der Waals surface area (Å²) in [6.45, 7) is 13.6. The van der Waals surface area contributed by atoms with E-state index in [4.69, 9.17) is 9.47 Å². The number of para-hydroxylation sites is 2. The molecule has 30 heteroatoms. The molecule has 8 aromatic rings. The molecule has 0 radical (unpaired) electrons. The smallest absolute Gasteiger partial charge is 0.407 e. The van der Waals surface area contributed by atoms with E-state index in [9.17, 15) is 47.9 Å². The zero-order valence-electron chi connectivity index (χ0n) is 53.2. The number of aromatic carboxylic acids is 1. The molecule has 0 bridgehead atoms. The van der Waals surface area contributed by atoms with Crippen molar-refractivity contribution in [1.29, 1.82) is 0 Å². The van der Waals surface area contributed by atoms with E-state index in [1.165, 1.54) is 57.9 Å². The molecule has 504 valence electrons. The lowest BCUT2D eigenvalue weighted by Crippen LogP contribution is -2.49. The third kappa shape index (κ3) is 18.5. The first-order valence-corrected chi connectivity index (χ1v) is 33.4. The lowest BCUT2D eigenvalue weighted by molar-refractivity contribution is 0.0488. The van der Waals surface area contributed by atoms with E-state index in [2.05, 4.69) is 67.8 Å². The number of rotatable bonds is 17. The minimum Gasteiger partial charge on any atom is -0.478 e. The number of aromatic amines is 1. The second kappa shape index (κ2) is 31.5. The van der Waals surface area contributed by atoms with Crippen LogP contribution in [0, 0.1) is 11.6 Å². The Bertz CT molecular complexity index is 4100. The van der Waals surface area contributed by atoms with E-state index in [0.717, 1.165) is 18.4 Å². The van der Waals surface area contributed by atoms with Gasteiger partial charge in [-0.05, 0) is 116 Å². The van der Waals surface area contributed by atoms with Gasteiger partial charge in [0.2, 0.25) is 0 Å². The average molecular weight is 1420 g/mol. The van der Waals surface area contributed by atoms with Crippen LogP contribution in [0.1, 0.15) is 130 Å². The van der Waals surface area contributed by atoms with Crippen LogP contribution in [-0.4, -0.2) is 156 Å². The first-order chi connectivity index (χ1) is 45.8. The zero-order valence-corrected chi connectivity index (χ0v) is 56.5. The van der Waals surface area contributed by atoms with Crippen LogP contribution >= 0.6 is 38.6 Å². The number of nitrogens with zero attached hydrogens (tertiary/aromatic N) is 8. The van der Waals surface area contributed by atoms with Gasteiger partial charge in [-0.25, -0.2) is 33.1 Å². The van der Waals surface area contributed by atoms with Crippen molar-refractivity contribution in [3.05, 3.63) is 166 Å². The maximum atomic E-state index is 15.2. The average Bonchev–Trinajstić information content (AvgIpc) is 1.74. The molecule has 3 aliphatic heterocycles. The van der Waals surface area contributed by atoms with Gasteiger partial charge in [-0.2, -0.15) is 10.2 Å². The SMILES string of the molecule is CC(C)(C)OC(=O)N[C@@H]1CCCN(c2c(F)cccc2NC(=O)c2csc(-c3cn[nH]c3)n2)C1.CC(C)(C)OC(=O)N[C@@H]1CCCN(c2c(F)cccc2NC(=O)c2csc(-c3cnn(CCNC(=O)c4ccccc4C(=O)O)c3)n2)C1.O=C1c2ccccc2C(=O)N1CCBr. The number of H-pyrrole nitrogens is 1. The quantitative estimate of drug-likeness (QED) is 0.0329. The number of anilines is 4. The number of nitrogens with one attached hydrogen (secondary N) is 6. The molecule has 4 aromatic heterocycles. The lowest BCUT2D eigenvalue weighted by Gasteiger charge is -2.36. The number of amides is 7. The number of carbonyl (C=O) groups excluding carboxylic acids is 7. The van der Waals surface area contributed by atoms with Gasteiger partial charge < -0.3 is 51.0 Å². The largest absolute Gasteiger partial charge is 0.478 e. The molecular formula is C66H71BrF2N14O11S2. The fourth-order valence-electron chi connectivity index (χ4n) is 10.6. The van der Waals surface area contributed by atoms with Gasteiger partial charge in [0.1, 0.15) is 44.2 Å². The van der Waals surface area contributed by atoms with Gasteiger partial charge in [0.15, 0.2) is 0 Å². The Labute approximate surface area is 567 Å². The molecule has 2 fully saturated rings. The summed E-state index contributed by atoms with van der Waals surface area (Å²) in [7, 11) is 0. The Morgan fingerprint density at radius 3 is 1.64 bits per heavy atom. The summed E-state index contributed by atoms with van der Waals surface area (Å²) in [5, 5.41) is 39.3. The number of fused-ring (bicyclic) bond motifs is 1. The molecule has 11 rings (SSSR count). The van der Waals surface area contributed by atoms with E-state index in [0.29, 0.717) is 89.8 Å². The molecule has 7 heterocycles. The highest BCUT2D eigenvalue weighted by atomic mass is 79.9. The van der Waals surface area contributed by atoms with E-state index >= 15 is 4.39 Å². The number of benzene rings is 4. The van der Waals surface area contributed by atoms with Gasteiger partial charge in [-0.1, -0.05) is 52.3 Å². The van der Waals surface area contributed by atoms with Crippen LogP contribution in [0.2, 0.25) is 0 Å². The first-order valence-electron chi connectivity index (χ1n) is 30.6. The second-order valence-corrected chi connectivity index (χ2v) is 26.7. The van der Waals surface area contributed by atoms with E-state index < -0.39 is 58.7 Å². The first kappa shape index (κ1) is 70.4. The fraction of sp³-hybridized carbons (Fsp3) is 0.333. The van der Waals surface area contributed by atoms with Crippen LogP contribution in [0.25, 0.3) is 21.1 Å². The number of piperidine rings is 2. The van der Waals surface area contributed by atoms with Crippen molar-refractivity contribution < 1.29 is 61.7 Å². The van der Waals surface area contributed by atoms with Crippen LogP contribution < -0.4 is 36.4 Å². The van der Waals surface area contributed by atoms with Crippen molar-refractivity contribution in [1.82, 2.24) is 50.8 Å². The molecule has 2 atom stereocenters. The summed E-state index contributed by atoms with van der Waals surface area (Å²) in [5.41, 5.74) is 2.74. The highest BCUT2D eigenvalue weighted by Gasteiger charge is 2.35. The summed E-state index contributed by atoms with van der Waals surface area (Å²) in [4.78, 5) is 112. The highest BCUT2D eigenvalue weighted by Crippen LogP contribution is 2.35. The van der Waals surface area contributed by atoms with Crippen molar-refractivity contribution in [2.24, 2.45) is 0 Å². The van der Waals surface area contributed by atoms with E-state index in [1.54, 1.807) is 136 Å². The number of ether oxygens (including phenoxy) is 2. The second-order valence-electron chi connectivity index (χ2n) is 24.2. The number of carboxylic acid groups (broad SMARTS) is 1. The summed E-state index contributed by atoms with van der Waals surface area (Å²) >= 11 is 5.78. The molecule has 96 heavy (non-hydrogen) atoms. The van der Waals surface area contributed by atoms with Crippen molar-refractivity contribution in [3.8, 4) is 21.1 Å². The molecule has 7 amide bonds. The van der Waals surface area contributed by atoms with Crippen LogP contribution in [-0.2, 0) is 16.0 Å². The molecule has 0 saturated carbocycles. The van der Waals surface area contributed by atoms with Gasteiger partial charge >= 0.3 is 18.2 Å². The number of carboxylic acids is 1. The van der Waals surface area contributed by atoms with E-state index in [-0.39, 0.29) is 70.0 Å². The Balaban J connectivity index is 0.000000194. The Hall–Kier alpha value is -9.94. The van der Waals surface area contributed by atoms with Crippen LogP contribution in [0.5, 0.6) is 0 Å². The summed E-state index contributed by atoms with van der Waals surface area (Å²) in [6, 6.07) is 21.4. The molecule has 0 spiro atoms. The Kier molecular flexibility index (Phi) is 23.1. The van der Waals surface area contributed by atoms with Crippen molar-refractivity contribution in [2.75, 3.05) is 65.0 Å². The monoisotopic (exact) mass is 1420 g/mol. The number of halogens is 3. The van der Waals surface area contributed by atoms with Gasteiger partial charge in [-0.3, -0.25) is 38.7 Å². The molecule has 0 aliphatic carbocycles. The third-order valence-electron chi connectivity index (χ3n) is 14.7. The Morgan fingerprint density at radius 1 is 0.656 bits per heavy atom. The van der Waals surface area contributed by atoms with Crippen LogP contribution in [0.4, 0.5) is 41.1 Å². The maximum absolute atomic E-state index is 15.2. The predicted molar refractivity (Wildman–Crippen MR) is 362 cm³/mol. The molecule has 4 aromatic carbocycles. The standard InChI is InChI=1S/C33H36FN7O6S.C23H27FN6O3S.C10H8BrNO2/c1-33(2,3)47-32(46)37-21-8-7-14-40(18-21)27-24(34)11-6-12-25(27)38-29(43)26-19-48-30(39-26)20-16-36-41(17-20)15-13-35-28(42)22-9-4-5-10-23(22)31(44)45;1-23(2,3)33-22(32)27-15-6-5-9-30(12-15)19-16(24)7-4-8-17(19)28-20(31)18-13-34-21(29-18)14-10-25-26-11-14;11-5-6-12-9(13)7-3-1-2-4-8(7)10(12)14/h4-6,9-12,16-17,19,21H,7-8,13-15,18H2,1-3H3,(H,35,42)(H,37,46)(H,38,43)(H,44,45);4,7-8,10-11,13,15H,5-6,9,12H2,1-3H3,(H,25,26)(H,27,32)(H,28,31);1-4H,5-6H2/t21-;15-;/m11./s1. The Morgan fingerprint density at radius 2 is 1.16 bits per heavy atom. The van der Waals surface area contributed by atoms with Crippen LogP contribution in [0.3, 0.4) is 0 Å². The van der Waals surface area contributed by atoms with Crippen molar-refractivity contribution >= 4 is 109 Å². The number of hydrogen-bond acceptors (Lipinski definition) is 18. The number of alkyl halides is 1. The molecule has 0 unspecified atom stereocenters. The molecular weight excluding hydrogens is 1350 g/mol.